The molecule has 3 aliphatic rings. The van der Waals surface area contributed by atoms with Crippen LogP contribution in [0.5, 0.6) is 0 Å². The Bertz CT molecular complexity index is 595. The maximum absolute atomic E-state index is 12.5. The Kier molecular flexibility index (Phi) is 4.59. The van der Waals surface area contributed by atoms with Gasteiger partial charge in [-0.3, -0.25) is 9.69 Å². The molecule has 0 radical (unpaired) electrons. The summed E-state index contributed by atoms with van der Waals surface area (Å²) in [6.45, 7) is 6.23. The molecule has 3 saturated heterocycles. The van der Waals surface area contributed by atoms with Crippen LogP contribution in [0.4, 0.5) is 13.2 Å². The van der Waals surface area contributed by atoms with E-state index in [0.29, 0.717) is 19.6 Å². The number of carbonyl (C=O) groups is 1. The van der Waals surface area contributed by atoms with Crippen molar-refractivity contribution in [1.82, 2.24) is 15.0 Å². The van der Waals surface area contributed by atoms with Gasteiger partial charge < -0.3 is 9.42 Å². The van der Waals surface area contributed by atoms with E-state index in [1.807, 2.05) is 13.8 Å². The molecule has 1 amide bonds. The van der Waals surface area contributed by atoms with E-state index in [4.69, 9.17) is 4.52 Å². The van der Waals surface area contributed by atoms with Crippen LogP contribution in [0.3, 0.4) is 0 Å². The molecule has 1 aromatic heterocycles. The minimum Gasteiger partial charge on any atom is -0.361 e. The van der Waals surface area contributed by atoms with Crippen molar-refractivity contribution in [3.05, 3.63) is 17.0 Å². The van der Waals surface area contributed by atoms with Crippen LogP contribution in [0.15, 0.2) is 4.52 Å². The average molecular weight is 345 g/mol. The molecule has 0 unspecified atom stereocenters. The first-order valence-corrected chi connectivity index (χ1v) is 8.23. The molecule has 4 rings (SSSR count). The lowest BCUT2D eigenvalue weighted by molar-refractivity contribution is -0.164. The van der Waals surface area contributed by atoms with Gasteiger partial charge in [0.2, 0.25) is 5.91 Å². The van der Waals surface area contributed by atoms with Crippen molar-refractivity contribution in [2.24, 2.45) is 5.92 Å². The standard InChI is InChI=1S/C16H22F3N3O2/c1-10-14(11(2)24-20-10)9-21-6-12-3-4-13(8-21)22(7-12)15(23)5-16(17,18)19/h12-13H,3-9H2,1-2H3/t12-,13+/m0/s1. The van der Waals surface area contributed by atoms with E-state index in [2.05, 4.69) is 10.1 Å². The summed E-state index contributed by atoms with van der Waals surface area (Å²) in [4.78, 5) is 15.7. The Morgan fingerprint density at radius 2 is 2.00 bits per heavy atom. The number of alkyl halides is 3. The Hall–Kier alpha value is -1.57. The lowest BCUT2D eigenvalue weighted by Gasteiger charge is -2.36. The number of fused-ring (bicyclic) bond motifs is 4. The van der Waals surface area contributed by atoms with E-state index in [1.54, 1.807) is 0 Å². The zero-order valence-corrected chi connectivity index (χ0v) is 13.9. The van der Waals surface area contributed by atoms with Gasteiger partial charge in [0.1, 0.15) is 12.2 Å². The summed E-state index contributed by atoms with van der Waals surface area (Å²) in [6.07, 6.45) is -4.08. The second kappa shape index (κ2) is 6.38. The van der Waals surface area contributed by atoms with E-state index in [9.17, 15) is 18.0 Å². The Morgan fingerprint density at radius 1 is 1.25 bits per heavy atom. The Labute approximate surface area is 138 Å². The van der Waals surface area contributed by atoms with Crippen molar-refractivity contribution in [3.8, 4) is 0 Å². The quantitative estimate of drug-likeness (QED) is 0.845. The third-order valence-electron chi connectivity index (χ3n) is 5.02. The molecule has 2 bridgehead atoms. The van der Waals surface area contributed by atoms with E-state index in [0.717, 1.165) is 36.4 Å². The number of piperidine rings is 1. The van der Waals surface area contributed by atoms with Crippen LogP contribution >= 0.6 is 0 Å². The summed E-state index contributed by atoms with van der Waals surface area (Å²) in [5, 5.41) is 3.95. The van der Waals surface area contributed by atoms with Crippen LogP contribution < -0.4 is 0 Å². The summed E-state index contributed by atoms with van der Waals surface area (Å²) < 4.78 is 42.8. The lowest BCUT2D eigenvalue weighted by atomic mass is 9.94. The second-order valence-electron chi connectivity index (χ2n) is 6.93. The second-order valence-corrected chi connectivity index (χ2v) is 6.93. The largest absolute Gasteiger partial charge is 0.397 e. The third-order valence-corrected chi connectivity index (χ3v) is 5.02. The molecule has 4 heterocycles. The van der Waals surface area contributed by atoms with Crippen molar-refractivity contribution in [3.63, 3.8) is 0 Å². The minimum absolute atomic E-state index is 0.140. The number of aromatic nitrogens is 1. The summed E-state index contributed by atoms with van der Waals surface area (Å²) >= 11 is 0. The van der Waals surface area contributed by atoms with Gasteiger partial charge in [-0.2, -0.15) is 13.2 Å². The molecule has 0 aliphatic carbocycles. The van der Waals surface area contributed by atoms with Crippen molar-refractivity contribution in [1.29, 1.82) is 0 Å². The van der Waals surface area contributed by atoms with Gasteiger partial charge in [0.15, 0.2) is 0 Å². The molecular weight excluding hydrogens is 323 g/mol. The molecule has 1 aromatic rings. The van der Waals surface area contributed by atoms with Gasteiger partial charge in [0.05, 0.1) is 5.69 Å². The molecule has 3 aliphatic heterocycles. The smallest absolute Gasteiger partial charge is 0.361 e. The number of rotatable bonds is 3. The van der Waals surface area contributed by atoms with Gasteiger partial charge in [0.25, 0.3) is 0 Å². The van der Waals surface area contributed by atoms with E-state index in [1.165, 1.54) is 4.90 Å². The summed E-state index contributed by atoms with van der Waals surface area (Å²) in [5.41, 5.74) is 1.87. The van der Waals surface area contributed by atoms with Gasteiger partial charge in [-0.25, -0.2) is 0 Å². The summed E-state index contributed by atoms with van der Waals surface area (Å²) in [7, 11) is 0. The number of amides is 1. The number of aryl methyl sites for hydroxylation is 2. The van der Waals surface area contributed by atoms with Gasteiger partial charge >= 0.3 is 6.18 Å². The van der Waals surface area contributed by atoms with E-state index >= 15 is 0 Å². The third kappa shape index (κ3) is 3.74. The van der Waals surface area contributed by atoms with Crippen molar-refractivity contribution in [2.75, 3.05) is 19.6 Å². The van der Waals surface area contributed by atoms with Crippen molar-refractivity contribution in [2.45, 2.75) is 51.9 Å². The molecule has 0 spiro atoms. The zero-order valence-electron chi connectivity index (χ0n) is 13.9. The van der Waals surface area contributed by atoms with Gasteiger partial charge in [0, 0.05) is 37.8 Å². The van der Waals surface area contributed by atoms with Crippen molar-refractivity contribution < 1.29 is 22.5 Å². The number of hydrogen-bond donors (Lipinski definition) is 0. The zero-order chi connectivity index (χ0) is 17.5. The molecule has 3 fully saturated rings. The molecule has 2 atom stereocenters. The molecule has 0 aromatic carbocycles. The normalized spacial score (nSPS) is 25.1. The van der Waals surface area contributed by atoms with Crippen LogP contribution in [0.2, 0.25) is 0 Å². The predicted octanol–water partition coefficient (Wildman–Crippen LogP) is 2.67. The van der Waals surface area contributed by atoms with Gasteiger partial charge in [-0.05, 0) is 32.6 Å². The highest BCUT2D eigenvalue weighted by Crippen LogP contribution is 2.31. The lowest BCUT2D eigenvalue weighted by Crippen LogP contribution is -2.48. The molecule has 0 N–H and O–H groups in total. The summed E-state index contributed by atoms with van der Waals surface area (Å²) in [5.74, 6) is 0.201. The summed E-state index contributed by atoms with van der Waals surface area (Å²) in [6, 6.07) is -0.140. The fraction of sp³-hybridized carbons (Fsp3) is 0.750. The highest BCUT2D eigenvalue weighted by atomic mass is 19.4. The van der Waals surface area contributed by atoms with Crippen LogP contribution in [0.25, 0.3) is 0 Å². The number of hydrogen-bond acceptors (Lipinski definition) is 4. The fourth-order valence-corrected chi connectivity index (χ4v) is 3.84. The van der Waals surface area contributed by atoms with E-state index < -0.39 is 18.5 Å². The van der Waals surface area contributed by atoms with Crippen LogP contribution in [-0.2, 0) is 11.3 Å². The average Bonchev–Trinajstić information content (AvgIpc) is 2.68. The van der Waals surface area contributed by atoms with Crippen LogP contribution in [0.1, 0.15) is 36.3 Å². The van der Waals surface area contributed by atoms with Gasteiger partial charge in [-0.1, -0.05) is 5.16 Å². The maximum Gasteiger partial charge on any atom is 0.397 e. The number of nitrogens with zero attached hydrogens (tertiary/aromatic N) is 3. The molecule has 5 nitrogen and oxygen atoms in total. The minimum atomic E-state index is -4.45. The topological polar surface area (TPSA) is 49.6 Å². The monoisotopic (exact) mass is 345 g/mol. The first kappa shape index (κ1) is 17.3. The molecule has 8 heteroatoms. The van der Waals surface area contributed by atoms with E-state index in [-0.39, 0.29) is 12.0 Å². The first-order valence-electron chi connectivity index (χ1n) is 8.23. The SMILES string of the molecule is Cc1noc(C)c1CN1C[C@@H]2CC[C@H](C1)N(C(=O)CC(F)(F)F)C2. The highest BCUT2D eigenvalue weighted by Gasteiger charge is 2.41. The first-order chi connectivity index (χ1) is 11.2. The maximum atomic E-state index is 12.5. The Balaban J connectivity index is 1.70. The molecule has 24 heavy (non-hydrogen) atoms. The van der Waals surface area contributed by atoms with Crippen LogP contribution in [0, 0.1) is 19.8 Å². The van der Waals surface area contributed by atoms with Crippen LogP contribution in [-0.4, -0.2) is 52.7 Å². The molecular formula is C16H22F3N3O2. The molecule has 0 saturated carbocycles. The number of carbonyl (C=O) groups excluding carboxylic acids is 1. The highest BCUT2D eigenvalue weighted by molar-refractivity contribution is 5.77. The van der Waals surface area contributed by atoms with Gasteiger partial charge in [-0.15, -0.1) is 0 Å². The predicted molar refractivity (Wildman–Crippen MR) is 80.2 cm³/mol. The van der Waals surface area contributed by atoms with Crippen molar-refractivity contribution >= 4 is 5.91 Å². The fourth-order valence-electron chi connectivity index (χ4n) is 3.84. The number of halogens is 3. The Morgan fingerprint density at radius 3 is 2.62 bits per heavy atom. The molecule has 134 valence electrons.